The minimum atomic E-state index is -1.67. The molecule has 92 heavy (non-hydrogen) atoms. The molecule has 3 saturated carbocycles. The molecule has 9 unspecified atom stereocenters. The van der Waals surface area contributed by atoms with Gasteiger partial charge in [-0.3, -0.25) is 0 Å². The van der Waals surface area contributed by atoms with Crippen LogP contribution >= 0.6 is 0 Å². The third-order valence-corrected chi connectivity index (χ3v) is 22.4. The summed E-state index contributed by atoms with van der Waals surface area (Å²) < 4.78 is 87.2. The van der Waals surface area contributed by atoms with E-state index in [0.29, 0.717) is 59.7 Å². The van der Waals surface area contributed by atoms with E-state index < -0.39 is 103 Å². The topological polar surface area (TPSA) is 188 Å². The molecule has 5 saturated heterocycles. The molecule has 5 heterocycles. The Bertz CT molecular complexity index is 3450. The zero-order valence-electron chi connectivity index (χ0n) is 53.1. The van der Waals surface area contributed by atoms with Crippen LogP contribution in [0.15, 0.2) is 157 Å². The molecule has 4 aliphatic carbocycles. The molecule has 0 amide bonds. The number of carbonyl (C=O) groups excluding carboxylic acids is 4. The highest BCUT2D eigenvalue weighted by Gasteiger charge is 2.69. The number of fused-ring (bicyclic) bond motifs is 8. The molecule has 17 nitrogen and oxygen atoms in total. The highest BCUT2D eigenvalue weighted by atomic mass is 16.8. The zero-order valence-corrected chi connectivity index (χ0v) is 53.1. The molecule has 5 aromatic carbocycles. The first-order valence-electron chi connectivity index (χ1n) is 33.2. The van der Waals surface area contributed by atoms with Gasteiger partial charge in [-0.25, -0.2) is 19.2 Å². The molecule has 22 atom stereocenters. The number of benzene rings is 5. The lowest BCUT2D eigenvalue weighted by Gasteiger charge is -2.59. The number of rotatable bonds is 14. The van der Waals surface area contributed by atoms with Gasteiger partial charge in [-0.1, -0.05) is 124 Å². The van der Waals surface area contributed by atoms with Crippen LogP contribution in [0, 0.1) is 46.3 Å². The van der Waals surface area contributed by atoms with Crippen LogP contribution in [0.2, 0.25) is 0 Å². The van der Waals surface area contributed by atoms with Crippen LogP contribution in [0.25, 0.3) is 0 Å². The van der Waals surface area contributed by atoms with Gasteiger partial charge in [0, 0.05) is 17.9 Å². The summed E-state index contributed by atoms with van der Waals surface area (Å²) in [4.78, 5) is 58.1. The number of hydrogen-bond donors (Lipinski definition) is 0. The average Bonchev–Trinajstić information content (AvgIpc) is 1.51. The van der Waals surface area contributed by atoms with Gasteiger partial charge in [0.2, 0.25) is 0 Å². The quantitative estimate of drug-likeness (QED) is 0.0579. The highest BCUT2D eigenvalue weighted by molar-refractivity contribution is 5.91. The number of hydrogen-bond acceptors (Lipinski definition) is 17. The summed E-state index contributed by atoms with van der Waals surface area (Å²) in [5, 5.41) is 0. The second kappa shape index (κ2) is 25.8. The Kier molecular flexibility index (Phi) is 17.6. The molecule has 1 spiro atoms. The van der Waals surface area contributed by atoms with Gasteiger partial charge in [0.05, 0.1) is 60.9 Å². The van der Waals surface area contributed by atoms with E-state index in [1.54, 1.807) is 147 Å². The first-order valence-corrected chi connectivity index (χ1v) is 33.2. The van der Waals surface area contributed by atoms with Crippen molar-refractivity contribution in [2.45, 2.75) is 178 Å². The number of methoxy groups -OCH3 is 1. The SMILES string of the molecule is COc1ccc(C2OCC3O[C@@H](O[C@H]4CC[C@@]5(C)C(=CC[C@H]6[C@@H]7C[C@@H]8O[C@]9(CC[C@@H](C)CO9)[C@@H](C)[C@@H]8[C@@]7(C)CC[C@@H]65)C4)C(OC4OC(C)C(OC(=O)c5ccccc5)C(OC(=O)c5ccccc5)C4OC(=O)c4ccccc4)C(OC(=O)c4ccccc4)[C@@H]3O2)cc1. The van der Waals surface area contributed by atoms with Gasteiger partial charge in [-0.15, -0.1) is 0 Å². The van der Waals surface area contributed by atoms with Crippen molar-refractivity contribution >= 4 is 23.9 Å². The van der Waals surface area contributed by atoms with Crippen molar-refractivity contribution in [3.63, 3.8) is 0 Å². The number of esters is 4. The molecule has 14 rings (SSSR count). The lowest BCUT2D eigenvalue weighted by molar-refractivity contribution is -0.394. The van der Waals surface area contributed by atoms with E-state index in [-0.39, 0.29) is 45.8 Å². The van der Waals surface area contributed by atoms with E-state index in [1.165, 1.54) is 5.57 Å². The summed E-state index contributed by atoms with van der Waals surface area (Å²) in [6.07, 6.45) is -3.41. The van der Waals surface area contributed by atoms with E-state index in [9.17, 15) is 19.2 Å². The maximum atomic E-state index is 14.8. The fourth-order valence-electron chi connectivity index (χ4n) is 17.5. The summed E-state index contributed by atoms with van der Waals surface area (Å²) in [6.45, 7) is 12.1. The van der Waals surface area contributed by atoms with Gasteiger partial charge < -0.3 is 61.6 Å². The number of allylic oxidation sites excluding steroid dienone is 1. The minimum absolute atomic E-state index is 0.00334. The van der Waals surface area contributed by atoms with E-state index in [4.69, 9.17) is 61.6 Å². The van der Waals surface area contributed by atoms with Crippen molar-refractivity contribution in [1.29, 1.82) is 0 Å². The summed E-state index contributed by atoms with van der Waals surface area (Å²) in [5.74, 6) is 0.00123. The molecule has 0 aromatic heterocycles. The van der Waals surface area contributed by atoms with Crippen LogP contribution in [0.1, 0.15) is 146 Å². The molecule has 0 bridgehead atoms. The molecule has 0 N–H and O–H groups in total. The summed E-state index contributed by atoms with van der Waals surface area (Å²) in [5.41, 5.74) is 2.94. The van der Waals surface area contributed by atoms with Crippen molar-refractivity contribution in [3.8, 4) is 5.75 Å². The molecule has 9 aliphatic rings. The lowest BCUT2D eigenvalue weighted by Crippen LogP contribution is -2.67. The Morgan fingerprint density at radius 1 is 0.543 bits per heavy atom. The Balaban J connectivity index is 0.808. The molecule has 5 aromatic rings. The fraction of sp³-hybridized carbons (Fsp3) is 0.520. The molecule has 8 fully saturated rings. The smallest absolute Gasteiger partial charge is 0.338 e. The Morgan fingerprint density at radius 3 is 1.71 bits per heavy atom. The van der Waals surface area contributed by atoms with Crippen molar-refractivity contribution in [2.24, 2.45) is 46.3 Å². The summed E-state index contributed by atoms with van der Waals surface area (Å²) in [7, 11) is 1.59. The Morgan fingerprint density at radius 2 is 1.12 bits per heavy atom. The molecule has 17 heteroatoms. The predicted molar refractivity (Wildman–Crippen MR) is 334 cm³/mol. The van der Waals surface area contributed by atoms with Crippen LogP contribution in [-0.4, -0.2) is 124 Å². The number of ether oxygens (including phenoxy) is 13. The van der Waals surface area contributed by atoms with Gasteiger partial charge in [-0.2, -0.15) is 0 Å². The predicted octanol–water partition coefficient (Wildman–Crippen LogP) is 12.6. The van der Waals surface area contributed by atoms with Crippen molar-refractivity contribution in [3.05, 3.63) is 185 Å². The van der Waals surface area contributed by atoms with Crippen molar-refractivity contribution < 1.29 is 80.8 Å². The molecular formula is C75H84O17. The standard InChI is InChI=1S/C75H84O17/c1-43-33-38-75(82-41-43)44(2)59-57(92-75)40-56-54-32-29-51-39-53(34-36-73(51,4)55(54)35-37-74(56,59)5)84-72-65(63(88-68(78)48-23-15-9-16-24-48)61-58(85-72)42-81-70(90-61)50-27-30-52(80-6)31-28-50)91-71-64(89-69(79)49-25-17-10-18-26-49)62(87-67(77)47-21-13-8-14-22-47)60(45(3)83-71)86-66(76)46-19-11-7-12-20-46/h7-31,43-45,53-65,70-72H,32-42H2,1-6H3/t43-,44+,45?,53+,54-,55+,56+,57+,58?,59+,60?,61-,62?,63?,64?,65?,70?,71?,72-,73+,74+,75-/m1/s1. The Hall–Kier alpha value is -6.80. The maximum Gasteiger partial charge on any atom is 0.338 e. The third-order valence-electron chi connectivity index (χ3n) is 22.4. The highest BCUT2D eigenvalue weighted by Crippen LogP contribution is 2.71. The van der Waals surface area contributed by atoms with E-state index in [0.717, 1.165) is 51.6 Å². The van der Waals surface area contributed by atoms with Crippen LogP contribution in [-0.2, 0) is 56.8 Å². The van der Waals surface area contributed by atoms with Crippen LogP contribution < -0.4 is 4.74 Å². The lowest BCUT2D eigenvalue weighted by atomic mass is 9.47. The largest absolute Gasteiger partial charge is 0.497 e. The summed E-state index contributed by atoms with van der Waals surface area (Å²) in [6, 6.07) is 40.9. The van der Waals surface area contributed by atoms with Gasteiger partial charge in [0.1, 0.15) is 18.0 Å². The fourth-order valence-corrected chi connectivity index (χ4v) is 17.5. The maximum absolute atomic E-state index is 14.8. The third kappa shape index (κ3) is 11.8. The van der Waals surface area contributed by atoms with E-state index in [2.05, 4.69) is 33.8 Å². The first-order chi connectivity index (χ1) is 44.6. The molecule has 0 radical (unpaired) electrons. The van der Waals surface area contributed by atoms with Gasteiger partial charge >= 0.3 is 23.9 Å². The average molecular weight is 1260 g/mol. The van der Waals surface area contributed by atoms with Gasteiger partial charge in [-0.05, 0) is 159 Å². The monoisotopic (exact) mass is 1260 g/mol. The van der Waals surface area contributed by atoms with Gasteiger partial charge in [0.15, 0.2) is 55.2 Å². The normalized spacial score (nSPS) is 38.6. The van der Waals surface area contributed by atoms with Crippen molar-refractivity contribution in [1.82, 2.24) is 0 Å². The minimum Gasteiger partial charge on any atom is -0.497 e. The molecule has 486 valence electrons. The number of carbonyl (C=O) groups is 4. The first kappa shape index (κ1) is 62.6. The van der Waals surface area contributed by atoms with Crippen LogP contribution in [0.3, 0.4) is 0 Å². The van der Waals surface area contributed by atoms with Gasteiger partial charge in [0.25, 0.3) is 0 Å². The second-order valence-corrected chi connectivity index (χ2v) is 27.6. The molecule has 5 aliphatic heterocycles. The van der Waals surface area contributed by atoms with Crippen LogP contribution in [0.5, 0.6) is 5.75 Å². The van der Waals surface area contributed by atoms with E-state index in [1.807, 2.05) is 12.1 Å². The Labute approximate surface area is 537 Å². The van der Waals surface area contributed by atoms with Crippen LogP contribution in [0.4, 0.5) is 0 Å². The van der Waals surface area contributed by atoms with E-state index >= 15 is 0 Å². The molecular weight excluding hydrogens is 1170 g/mol. The summed E-state index contributed by atoms with van der Waals surface area (Å²) >= 11 is 0. The second-order valence-electron chi connectivity index (χ2n) is 27.6. The zero-order chi connectivity index (χ0) is 63.5. The van der Waals surface area contributed by atoms with Crippen molar-refractivity contribution in [2.75, 3.05) is 20.3 Å².